The third-order valence-electron chi connectivity index (χ3n) is 3.60. The van der Waals surface area contributed by atoms with Crippen molar-refractivity contribution in [2.75, 3.05) is 0 Å². The van der Waals surface area contributed by atoms with Crippen molar-refractivity contribution in [3.05, 3.63) is 41.5 Å². The van der Waals surface area contributed by atoms with Gasteiger partial charge in [-0.3, -0.25) is 0 Å². The number of aromatic nitrogens is 2. The van der Waals surface area contributed by atoms with Crippen LogP contribution in [0.4, 0.5) is 13.2 Å². The molecular weight excluding hydrogens is 371 g/mol. The van der Waals surface area contributed by atoms with Crippen molar-refractivity contribution in [2.45, 2.75) is 42.3 Å². The zero-order valence-corrected chi connectivity index (χ0v) is 15.4. The zero-order valence-electron chi connectivity index (χ0n) is 13.8. The largest absolute Gasteiger partial charge is 0.416 e. The number of fused-ring (bicyclic) bond motifs is 3. The van der Waals surface area contributed by atoms with Gasteiger partial charge in [0.1, 0.15) is 23.0 Å². The van der Waals surface area contributed by atoms with E-state index in [2.05, 4.69) is 9.38 Å². The predicted molar refractivity (Wildman–Crippen MR) is 93.6 cm³/mol. The molecule has 1 aliphatic rings. The molecule has 25 heavy (non-hydrogen) atoms. The molecule has 4 nitrogen and oxygen atoms in total. The minimum absolute atomic E-state index is 0.467. The Balaban J connectivity index is 1.94. The Hall–Kier alpha value is -1.61. The second-order valence-corrected chi connectivity index (χ2v) is 9.46. The molecule has 2 heterocycles. The van der Waals surface area contributed by atoms with Gasteiger partial charge in [0.05, 0.1) is 27.9 Å². The number of hydrogen-bond donors (Lipinski definition) is 0. The number of hydrogen-bond acceptors (Lipinski definition) is 3. The highest BCUT2D eigenvalue weighted by Crippen LogP contribution is 2.39. The predicted octanol–water partition coefficient (Wildman–Crippen LogP) is 4.38. The molecule has 0 radical (unpaired) electrons. The molecule has 1 unspecified atom stereocenters. The van der Waals surface area contributed by atoms with Crippen molar-refractivity contribution in [1.29, 1.82) is 0 Å². The molecule has 0 saturated carbocycles. The SMILES string of the molecule is CC(C)(C)S(=O)N=Cc1ncn2c1CSc1cc(C(F)(F)F)ccc1-2. The number of imidazole rings is 1. The Bertz CT molecular complexity index is 866. The first kappa shape index (κ1) is 18.2. The van der Waals surface area contributed by atoms with E-state index in [4.69, 9.17) is 0 Å². The summed E-state index contributed by atoms with van der Waals surface area (Å²) < 4.78 is 55.9. The molecule has 0 saturated heterocycles. The van der Waals surface area contributed by atoms with Crippen molar-refractivity contribution in [3.63, 3.8) is 0 Å². The van der Waals surface area contributed by atoms with Crippen LogP contribution in [0.3, 0.4) is 0 Å². The van der Waals surface area contributed by atoms with Gasteiger partial charge in [0.15, 0.2) is 0 Å². The van der Waals surface area contributed by atoms with E-state index in [0.717, 1.165) is 17.8 Å². The Morgan fingerprint density at radius 3 is 2.68 bits per heavy atom. The molecule has 0 fully saturated rings. The third-order valence-corrected chi connectivity index (χ3v) is 6.00. The highest BCUT2D eigenvalue weighted by molar-refractivity contribution is 7.98. The highest BCUT2D eigenvalue weighted by atomic mass is 32.2. The minimum atomic E-state index is -4.36. The van der Waals surface area contributed by atoms with Crippen LogP contribution in [0.5, 0.6) is 0 Å². The van der Waals surface area contributed by atoms with Crippen LogP contribution >= 0.6 is 11.8 Å². The molecule has 0 N–H and O–H groups in total. The van der Waals surface area contributed by atoms with Gasteiger partial charge in [-0.25, -0.2) is 9.19 Å². The fraction of sp³-hybridized carbons (Fsp3) is 0.375. The molecule has 3 rings (SSSR count). The van der Waals surface area contributed by atoms with Crippen LogP contribution in [-0.4, -0.2) is 24.7 Å². The Labute approximate surface area is 150 Å². The first-order valence-corrected chi connectivity index (χ1v) is 9.53. The van der Waals surface area contributed by atoms with Gasteiger partial charge in [0, 0.05) is 10.6 Å². The first-order valence-electron chi connectivity index (χ1n) is 7.44. The summed E-state index contributed by atoms with van der Waals surface area (Å²) in [5, 5.41) is 0. The second-order valence-electron chi connectivity index (χ2n) is 6.51. The molecule has 134 valence electrons. The van der Waals surface area contributed by atoms with E-state index in [9.17, 15) is 17.4 Å². The maximum atomic E-state index is 12.9. The van der Waals surface area contributed by atoms with E-state index in [1.807, 2.05) is 20.8 Å². The van der Waals surface area contributed by atoms with Crippen molar-refractivity contribution in [3.8, 4) is 5.69 Å². The molecule has 0 aliphatic carbocycles. The normalized spacial score (nSPS) is 15.9. The molecule has 0 amide bonds. The van der Waals surface area contributed by atoms with Crippen LogP contribution in [-0.2, 0) is 22.9 Å². The quantitative estimate of drug-likeness (QED) is 0.719. The van der Waals surface area contributed by atoms with Gasteiger partial charge in [-0.05, 0) is 39.0 Å². The van der Waals surface area contributed by atoms with Crippen LogP contribution in [0, 0.1) is 0 Å². The van der Waals surface area contributed by atoms with Crippen LogP contribution in [0.15, 0.2) is 33.8 Å². The number of halogens is 3. The summed E-state index contributed by atoms with van der Waals surface area (Å²) >= 11 is 1.32. The van der Waals surface area contributed by atoms with Crippen LogP contribution < -0.4 is 0 Å². The molecule has 9 heteroatoms. The van der Waals surface area contributed by atoms with Crippen LogP contribution in [0.2, 0.25) is 0 Å². The lowest BCUT2D eigenvalue weighted by molar-refractivity contribution is -0.137. The van der Waals surface area contributed by atoms with Gasteiger partial charge < -0.3 is 4.57 Å². The van der Waals surface area contributed by atoms with Crippen molar-refractivity contribution in [2.24, 2.45) is 4.40 Å². The summed E-state index contributed by atoms with van der Waals surface area (Å²) in [6.07, 6.45) is -1.33. The van der Waals surface area contributed by atoms with Crippen molar-refractivity contribution >= 4 is 29.0 Å². The Morgan fingerprint density at radius 2 is 2.04 bits per heavy atom. The third kappa shape index (κ3) is 3.67. The van der Waals surface area contributed by atoms with Gasteiger partial charge in [0.25, 0.3) is 0 Å². The lowest BCUT2D eigenvalue weighted by atomic mass is 10.2. The molecule has 1 atom stereocenters. The molecular formula is C16H16F3N3OS2. The van der Waals surface area contributed by atoms with Crippen molar-refractivity contribution < 1.29 is 17.4 Å². The molecule has 1 aliphatic heterocycles. The summed E-state index contributed by atoms with van der Waals surface area (Å²) in [6, 6.07) is 3.67. The summed E-state index contributed by atoms with van der Waals surface area (Å²) in [7, 11) is -1.39. The summed E-state index contributed by atoms with van der Waals surface area (Å²) in [6.45, 7) is 5.48. The van der Waals surface area contributed by atoms with Gasteiger partial charge in [-0.2, -0.15) is 17.6 Å². The fourth-order valence-corrected chi connectivity index (χ4v) is 3.87. The Kier molecular flexibility index (Phi) is 4.57. The van der Waals surface area contributed by atoms with E-state index in [1.54, 1.807) is 10.9 Å². The molecule has 0 spiro atoms. The number of alkyl halides is 3. The second kappa shape index (κ2) is 6.28. The fourth-order valence-electron chi connectivity index (χ4n) is 2.25. The van der Waals surface area contributed by atoms with Gasteiger partial charge in [-0.1, -0.05) is 0 Å². The van der Waals surface area contributed by atoms with Gasteiger partial charge in [-0.15, -0.1) is 11.8 Å². The van der Waals surface area contributed by atoms with E-state index >= 15 is 0 Å². The summed E-state index contributed by atoms with van der Waals surface area (Å²) in [5.74, 6) is 0.470. The molecule has 0 bridgehead atoms. The maximum Gasteiger partial charge on any atom is 0.416 e. The molecule has 1 aromatic carbocycles. The number of rotatable bonds is 2. The molecule has 1 aromatic heterocycles. The summed E-state index contributed by atoms with van der Waals surface area (Å²) in [4.78, 5) is 4.82. The van der Waals surface area contributed by atoms with Crippen LogP contribution in [0.1, 0.15) is 37.7 Å². The van der Waals surface area contributed by atoms with E-state index in [0.29, 0.717) is 22.0 Å². The number of thioether (sulfide) groups is 1. The lowest BCUT2D eigenvalue weighted by Crippen LogP contribution is -2.19. The minimum Gasteiger partial charge on any atom is -0.301 e. The zero-order chi connectivity index (χ0) is 18.4. The van der Waals surface area contributed by atoms with E-state index < -0.39 is 27.5 Å². The number of benzene rings is 1. The molecule has 2 aromatic rings. The first-order chi connectivity index (χ1) is 11.6. The number of nitrogens with zero attached hydrogens (tertiary/aromatic N) is 3. The van der Waals surface area contributed by atoms with Gasteiger partial charge >= 0.3 is 6.18 Å². The topological polar surface area (TPSA) is 47.2 Å². The standard InChI is InChI=1S/C16H16F3N3OS2/c1-15(2,3)25(23)21-7-11-13-8-24-14-6-10(16(17,18)19)4-5-12(14)22(13)9-20-11/h4-7,9H,8H2,1-3H3. The van der Waals surface area contributed by atoms with E-state index in [1.165, 1.54) is 24.0 Å². The average Bonchev–Trinajstić information content (AvgIpc) is 2.93. The van der Waals surface area contributed by atoms with Crippen LogP contribution in [0.25, 0.3) is 5.69 Å². The maximum absolute atomic E-state index is 12.9. The van der Waals surface area contributed by atoms with Gasteiger partial charge in [0.2, 0.25) is 0 Å². The highest BCUT2D eigenvalue weighted by Gasteiger charge is 2.32. The summed E-state index contributed by atoms with van der Waals surface area (Å²) in [5.41, 5.74) is 1.40. The monoisotopic (exact) mass is 387 g/mol. The Morgan fingerprint density at radius 1 is 1.32 bits per heavy atom. The smallest absolute Gasteiger partial charge is 0.301 e. The van der Waals surface area contributed by atoms with E-state index in [-0.39, 0.29) is 0 Å². The lowest BCUT2D eigenvalue weighted by Gasteiger charge is -2.20. The van der Waals surface area contributed by atoms with Crippen molar-refractivity contribution in [1.82, 2.24) is 9.55 Å². The average molecular weight is 387 g/mol.